The van der Waals surface area contributed by atoms with Gasteiger partial charge in [-0.25, -0.2) is 0 Å². The number of rotatable bonds is 16. The van der Waals surface area contributed by atoms with Gasteiger partial charge in [-0.15, -0.1) is 0 Å². The van der Waals surface area contributed by atoms with Gasteiger partial charge in [0, 0.05) is 24.7 Å². The van der Waals surface area contributed by atoms with E-state index < -0.39 is 160 Å². The van der Waals surface area contributed by atoms with Gasteiger partial charge >= 0.3 is 0 Å². The molecule has 0 radical (unpaired) electrons. The molecule has 8 aliphatic rings. The highest BCUT2D eigenvalue weighted by atomic mass is 16.8. The third-order valence-corrected chi connectivity index (χ3v) is 18.3. The molecule has 0 bridgehead atoms. The van der Waals surface area contributed by atoms with Crippen molar-refractivity contribution in [3.63, 3.8) is 0 Å². The van der Waals surface area contributed by atoms with Crippen molar-refractivity contribution in [1.82, 2.24) is 0 Å². The van der Waals surface area contributed by atoms with Crippen LogP contribution in [0, 0.1) is 46.3 Å². The number of ether oxygens (including phenoxy) is 8. The Morgan fingerprint density at radius 3 is 1.97 bits per heavy atom. The molecule has 3 saturated carbocycles. The predicted molar refractivity (Wildman–Crippen MR) is 245 cm³/mol. The summed E-state index contributed by atoms with van der Waals surface area (Å²) >= 11 is 0. The van der Waals surface area contributed by atoms with Gasteiger partial charge in [-0.2, -0.15) is 0 Å². The molecule has 418 valence electrons. The van der Waals surface area contributed by atoms with Gasteiger partial charge in [-0.3, -0.25) is 9.59 Å². The summed E-state index contributed by atoms with van der Waals surface area (Å²) in [6, 6.07) is 0. The topological polar surface area (TPSA) is 371 Å². The lowest BCUT2D eigenvalue weighted by molar-refractivity contribution is -0.400. The summed E-state index contributed by atoms with van der Waals surface area (Å²) in [5.41, 5.74) is 0.493. The maximum Gasteiger partial charge on any atom is 0.189 e. The maximum absolute atomic E-state index is 14.1. The summed E-state index contributed by atoms with van der Waals surface area (Å²) in [6.07, 6.45) is -25.3. The first-order chi connectivity index (χ1) is 34.4. The predicted octanol–water partition coefficient (Wildman–Crippen LogP) is -3.00. The van der Waals surface area contributed by atoms with Crippen LogP contribution in [0.2, 0.25) is 0 Å². The molecule has 29 atom stereocenters. The van der Waals surface area contributed by atoms with Crippen molar-refractivity contribution in [3.8, 4) is 0 Å². The molecule has 0 aromatic heterocycles. The van der Waals surface area contributed by atoms with Crippen molar-refractivity contribution in [2.24, 2.45) is 46.3 Å². The Morgan fingerprint density at radius 1 is 0.671 bits per heavy atom. The molecular formula is C50H80O23. The number of carbonyl (C=O) groups is 2. The van der Waals surface area contributed by atoms with E-state index >= 15 is 0 Å². The normalized spacial score (nSPS) is 51.1. The second kappa shape index (κ2) is 22.9. The molecule has 0 aromatic rings. The molecule has 4 heterocycles. The Hall–Kier alpha value is -1.76. The van der Waals surface area contributed by atoms with E-state index in [-0.39, 0.29) is 53.7 Å². The number of aliphatic hydroxyl groups is 13. The van der Waals surface area contributed by atoms with E-state index in [4.69, 9.17) is 37.9 Å². The van der Waals surface area contributed by atoms with Crippen molar-refractivity contribution < 1.29 is 114 Å². The molecule has 0 aromatic carbocycles. The van der Waals surface area contributed by atoms with Gasteiger partial charge in [0.15, 0.2) is 31.5 Å². The average Bonchev–Trinajstić information content (AvgIpc) is 3.64. The third kappa shape index (κ3) is 10.9. The van der Waals surface area contributed by atoms with E-state index in [1.807, 2.05) is 13.8 Å². The second-order valence-corrected chi connectivity index (χ2v) is 22.8. The number of ketones is 2. The highest BCUT2D eigenvalue weighted by Crippen LogP contribution is 2.66. The van der Waals surface area contributed by atoms with Crippen molar-refractivity contribution >= 4 is 11.6 Å². The standard InChI is InChI=1S/C50H80O23/c1-19(18-66-45-38(61)35(58)33(56)29(16-51)69-45)6-9-27(53)20(2)31-28(54)15-26-24-8-7-22-14-23(10-12-49(22,4)25(24)11-13-50(26,31)5)68-48-43(72-47-40(63)36(59)37(60)44(65)73-47)41(64)42(30(17-52)70-48)71-46-39(62)34(57)32(55)21(3)67-46/h7,19-21,23-26,29-48,51-52,55-65H,6,8-18H2,1-5H3/t19-,20-,21?,23?,24-,25+,26+,29?,30?,31+,32+,33-,34?,35?,36?,37-,38?,39?,40?,41?,42-,43?,44?,45-,46+,47-,48-,49+,50+/m1/s1. The molecular weight excluding hydrogens is 969 g/mol. The Kier molecular flexibility index (Phi) is 18.0. The molecule has 0 amide bonds. The van der Waals surface area contributed by atoms with Crippen molar-refractivity contribution in [2.45, 2.75) is 222 Å². The summed E-state index contributed by atoms with van der Waals surface area (Å²) in [7, 11) is 0. The summed E-state index contributed by atoms with van der Waals surface area (Å²) < 4.78 is 46.8. The van der Waals surface area contributed by atoms with Gasteiger partial charge in [-0.1, -0.05) is 39.3 Å². The minimum Gasteiger partial charge on any atom is -0.394 e. The van der Waals surface area contributed by atoms with E-state index in [1.165, 1.54) is 6.92 Å². The Labute approximate surface area is 423 Å². The van der Waals surface area contributed by atoms with E-state index in [0.717, 1.165) is 18.4 Å². The largest absolute Gasteiger partial charge is 0.394 e. The lowest BCUT2D eigenvalue weighted by Gasteiger charge is -2.58. The second-order valence-electron chi connectivity index (χ2n) is 22.8. The zero-order chi connectivity index (χ0) is 53.2. The van der Waals surface area contributed by atoms with E-state index in [9.17, 15) is 76.0 Å². The zero-order valence-corrected chi connectivity index (χ0v) is 42.0. The molecule has 7 fully saturated rings. The Morgan fingerprint density at radius 2 is 1.29 bits per heavy atom. The van der Waals surface area contributed by atoms with Crippen LogP contribution in [0.5, 0.6) is 0 Å². The first kappa shape index (κ1) is 57.4. The first-order valence-corrected chi connectivity index (χ1v) is 26.1. The minimum absolute atomic E-state index is 0.0164. The molecule has 4 aliphatic heterocycles. The SMILES string of the molecule is CC1O[C@@H](O[C@@H]2C(CO)O[C@@H](OC3CC[C@@]4(C)C(=CC[C@H]5[C@@H]6CC(=O)[C@H]([C@H](C)C(=O)CC[C@@H](C)CO[C@@H]7OC(CO)[C@@H](O)C(O)C7O)[C@@]6(C)CC[C@@H]54)C3)C(O[C@@H]3OC(O)[C@H](O)C(O)C3O)C2O)C(O)C(O)[C@H]1O. The number of fused-ring (bicyclic) bond motifs is 5. The summed E-state index contributed by atoms with van der Waals surface area (Å²) in [6.45, 7) is 8.34. The number of allylic oxidation sites excluding steroid dienone is 1. The van der Waals surface area contributed by atoms with Crippen LogP contribution in [0.3, 0.4) is 0 Å². The van der Waals surface area contributed by atoms with E-state index in [2.05, 4.69) is 19.9 Å². The Bertz CT molecular complexity index is 1930. The molecule has 8 rings (SSSR count). The monoisotopic (exact) mass is 1050 g/mol. The molecule has 4 saturated heterocycles. The van der Waals surface area contributed by atoms with Crippen LogP contribution in [0.25, 0.3) is 0 Å². The number of hydrogen-bond acceptors (Lipinski definition) is 23. The number of Topliss-reactive ketones (excluding diaryl/α,β-unsaturated/α-hetero) is 2. The smallest absolute Gasteiger partial charge is 0.189 e. The van der Waals surface area contributed by atoms with E-state index in [0.29, 0.717) is 38.5 Å². The zero-order valence-electron chi connectivity index (χ0n) is 42.0. The Balaban J connectivity index is 0.916. The lowest BCUT2D eigenvalue weighted by Crippen LogP contribution is -2.66. The van der Waals surface area contributed by atoms with E-state index in [1.54, 1.807) is 0 Å². The molecule has 0 spiro atoms. The highest BCUT2D eigenvalue weighted by molar-refractivity contribution is 5.92. The number of aliphatic hydroxyl groups excluding tert-OH is 13. The van der Waals surface area contributed by atoms with Gasteiger partial charge in [0.1, 0.15) is 97.0 Å². The molecule has 4 aliphatic carbocycles. The molecule has 73 heavy (non-hydrogen) atoms. The molecule has 23 heteroatoms. The van der Waals surface area contributed by atoms with Crippen molar-refractivity contribution in [3.05, 3.63) is 11.6 Å². The van der Waals surface area contributed by atoms with Crippen LogP contribution in [-0.2, 0) is 47.5 Å². The average molecular weight is 1050 g/mol. The quantitative estimate of drug-likeness (QED) is 0.0685. The fourth-order valence-electron chi connectivity index (χ4n) is 13.8. The van der Waals surface area contributed by atoms with Gasteiger partial charge in [0.2, 0.25) is 0 Å². The van der Waals surface area contributed by atoms with Crippen molar-refractivity contribution in [2.75, 3.05) is 19.8 Å². The van der Waals surface area contributed by atoms with Gasteiger partial charge < -0.3 is 104 Å². The molecule has 13 N–H and O–H groups in total. The number of hydrogen-bond donors (Lipinski definition) is 13. The van der Waals surface area contributed by atoms with Gasteiger partial charge in [0.05, 0.1) is 32.0 Å². The van der Waals surface area contributed by atoms with Crippen LogP contribution in [0.4, 0.5) is 0 Å². The minimum atomic E-state index is -2.00. The molecule has 23 nitrogen and oxygen atoms in total. The highest BCUT2D eigenvalue weighted by Gasteiger charge is 2.63. The fraction of sp³-hybridized carbons (Fsp3) is 0.920. The van der Waals surface area contributed by atoms with Crippen LogP contribution in [0.15, 0.2) is 11.6 Å². The summed E-state index contributed by atoms with van der Waals surface area (Å²) in [5, 5.41) is 136. The summed E-state index contributed by atoms with van der Waals surface area (Å²) in [4.78, 5) is 28.0. The summed E-state index contributed by atoms with van der Waals surface area (Å²) in [5.74, 6) is -0.557. The number of carbonyl (C=O) groups excluding carboxylic acids is 2. The van der Waals surface area contributed by atoms with Gasteiger partial charge in [0.25, 0.3) is 0 Å². The first-order valence-electron chi connectivity index (χ1n) is 26.1. The van der Waals surface area contributed by atoms with Crippen molar-refractivity contribution in [1.29, 1.82) is 0 Å². The van der Waals surface area contributed by atoms with Crippen LogP contribution in [0.1, 0.15) is 92.4 Å². The lowest BCUT2D eigenvalue weighted by atomic mass is 9.47. The third-order valence-electron chi connectivity index (χ3n) is 18.3. The maximum atomic E-state index is 14.1. The van der Waals surface area contributed by atoms with Crippen LogP contribution >= 0.6 is 0 Å². The van der Waals surface area contributed by atoms with Crippen LogP contribution in [-0.4, -0.2) is 227 Å². The fourth-order valence-corrected chi connectivity index (χ4v) is 13.8. The van der Waals surface area contributed by atoms with Crippen LogP contribution < -0.4 is 0 Å². The molecule has 13 unspecified atom stereocenters. The van der Waals surface area contributed by atoms with Gasteiger partial charge in [-0.05, 0) is 86.4 Å².